The Labute approximate surface area is 191 Å². The number of nitrogens with one attached hydrogen (secondary N) is 1. The third kappa shape index (κ3) is 3.72. The van der Waals surface area contributed by atoms with Gasteiger partial charge < -0.3 is 4.74 Å². The fourth-order valence-corrected chi connectivity index (χ4v) is 4.48. The first kappa shape index (κ1) is 20.8. The number of aromatic nitrogens is 1. The molecule has 3 aromatic carbocycles. The number of thiazole rings is 1. The SMILES string of the molecule is CCOc1ccc2nc(NC(=O)c3ccc4c(c3)C(=O)N(c3ccc(F)cc3)C4=O)sc2c1. The molecule has 0 radical (unpaired) electrons. The first-order chi connectivity index (χ1) is 15.9. The lowest BCUT2D eigenvalue weighted by Crippen LogP contribution is -2.29. The molecular weight excluding hydrogens is 445 g/mol. The van der Waals surface area contributed by atoms with E-state index in [1.54, 1.807) is 0 Å². The second-order valence-electron chi connectivity index (χ2n) is 7.22. The average Bonchev–Trinajstić information content (AvgIpc) is 3.32. The van der Waals surface area contributed by atoms with Crippen LogP contribution in [0.5, 0.6) is 5.75 Å². The number of carbonyl (C=O) groups is 3. The standard InChI is InChI=1S/C24H16FN3O4S/c1-2-32-16-8-10-19-20(12-16)33-24(26-19)27-21(29)13-3-9-17-18(11-13)23(31)28(22(17)30)15-6-4-14(25)5-7-15/h3-12H,2H2,1H3,(H,26,27,29). The van der Waals surface area contributed by atoms with Crippen LogP contribution in [0.15, 0.2) is 60.7 Å². The molecular formula is C24H16FN3O4S. The van der Waals surface area contributed by atoms with E-state index in [9.17, 15) is 18.8 Å². The number of fused-ring (bicyclic) bond motifs is 2. The number of carbonyl (C=O) groups excluding carboxylic acids is 3. The van der Waals surface area contributed by atoms with Gasteiger partial charge in [-0.15, -0.1) is 0 Å². The van der Waals surface area contributed by atoms with E-state index in [-0.39, 0.29) is 22.4 Å². The molecule has 0 unspecified atom stereocenters. The highest BCUT2D eigenvalue weighted by Gasteiger charge is 2.37. The number of anilines is 2. The molecule has 5 rings (SSSR count). The molecule has 0 aliphatic carbocycles. The topological polar surface area (TPSA) is 88.6 Å². The van der Waals surface area contributed by atoms with Gasteiger partial charge in [0.25, 0.3) is 17.7 Å². The summed E-state index contributed by atoms with van der Waals surface area (Å²) in [6.45, 7) is 2.45. The number of nitrogens with zero attached hydrogens (tertiary/aromatic N) is 2. The number of amides is 3. The molecule has 33 heavy (non-hydrogen) atoms. The maximum absolute atomic E-state index is 13.2. The van der Waals surface area contributed by atoms with Gasteiger partial charge in [-0.25, -0.2) is 14.3 Å². The Morgan fingerprint density at radius 2 is 1.79 bits per heavy atom. The summed E-state index contributed by atoms with van der Waals surface area (Å²) >= 11 is 1.30. The summed E-state index contributed by atoms with van der Waals surface area (Å²) in [5.74, 6) is -1.30. The zero-order valence-electron chi connectivity index (χ0n) is 17.3. The van der Waals surface area contributed by atoms with Crippen molar-refractivity contribution in [1.29, 1.82) is 0 Å². The van der Waals surface area contributed by atoms with E-state index in [0.717, 1.165) is 20.9 Å². The second-order valence-corrected chi connectivity index (χ2v) is 8.25. The van der Waals surface area contributed by atoms with E-state index >= 15 is 0 Å². The van der Waals surface area contributed by atoms with Crippen LogP contribution in [0.2, 0.25) is 0 Å². The number of benzene rings is 3. The van der Waals surface area contributed by atoms with Crippen molar-refractivity contribution in [3.63, 3.8) is 0 Å². The minimum atomic E-state index is -0.570. The van der Waals surface area contributed by atoms with Crippen molar-refractivity contribution in [2.24, 2.45) is 0 Å². The van der Waals surface area contributed by atoms with E-state index in [0.29, 0.717) is 11.7 Å². The fourth-order valence-electron chi connectivity index (χ4n) is 3.59. The van der Waals surface area contributed by atoms with Gasteiger partial charge in [-0.05, 0) is 67.6 Å². The van der Waals surface area contributed by atoms with Crippen LogP contribution in [0, 0.1) is 5.82 Å². The van der Waals surface area contributed by atoms with Crippen molar-refractivity contribution in [1.82, 2.24) is 4.98 Å². The lowest BCUT2D eigenvalue weighted by Gasteiger charge is -2.13. The minimum Gasteiger partial charge on any atom is -0.494 e. The van der Waals surface area contributed by atoms with Gasteiger partial charge in [0.05, 0.1) is 33.6 Å². The van der Waals surface area contributed by atoms with Gasteiger partial charge in [-0.1, -0.05) is 11.3 Å². The largest absolute Gasteiger partial charge is 0.494 e. The van der Waals surface area contributed by atoms with Gasteiger partial charge >= 0.3 is 0 Å². The van der Waals surface area contributed by atoms with Crippen molar-refractivity contribution in [3.05, 3.63) is 83.2 Å². The van der Waals surface area contributed by atoms with Gasteiger partial charge in [0.1, 0.15) is 11.6 Å². The van der Waals surface area contributed by atoms with E-state index in [4.69, 9.17) is 4.74 Å². The van der Waals surface area contributed by atoms with Crippen LogP contribution < -0.4 is 15.0 Å². The summed E-state index contributed by atoms with van der Waals surface area (Å²) in [4.78, 5) is 43.8. The van der Waals surface area contributed by atoms with Crippen molar-refractivity contribution in [2.75, 3.05) is 16.8 Å². The lowest BCUT2D eigenvalue weighted by molar-refractivity contribution is 0.0925. The normalized spacial score (nSPS) is 12.8. The van der Waals surface area contributed by atoms with Crippen molar-refractivity contribution in [3.8, 4) is 5.75 Å². The van der Waals surface area contributed by atoms with Crippen LogP contribution in [0.25, 0.3) is 10.2 Å². The maximum Gasteiger partial charge on any atom is 0.266 e. The number of hydrogen-bond donors (Lipinski definition) is 1. The molecule has 1 aromatic heterocycles. The van der Waals surface area contributed by atoms with Crippen LogP contribution in [0.1, 0.15) is 38.0 Å². The molecule has 1 N–H and O–H groups in total. The fraction of sp³-hybridized carbons (Fsp3) is 0.0833. The van der Waals surface area contributed by atoms with Crippen molar-refractivity contribution < 1.29 is 23.5 Å². The molecule has 0 fully saturated rings. The highest BCUT2D eigenvalue weighted by atomic mass is 32.1. The second kappa shape index (κ2) is 8.10. The zero-order chi connectivity index (χ0) is 23.1. The Kier molecular flexibility index (Phi) is 5.10. The molecule has 1 aliphatic heterocycles. The van der Waals surface area contributed by atoms with E-state index < -0.39 is 23.5 Å². The van der Waals surface area contributed by atoms with Gasteiger partial charge in [0.15, 0.2) is 5.13 Å². The quantitative estimate of drug-likeness (QED) is 0.428. The Balaban J connectivity index is 1.39. The third-order valence-electron chi connectivity index (χ3n) is 5.12. The molecule has 0 spiro atoms. The Morgan fingerprint density at radius 1 is 1.03 bits per heavy atom. The Bertz CT molecular complexity index is 1430. The van der Waals surface area contributed by atoms with Crippen LogP contribution >= 0.6 is 11.3 Å². The summed E-state index contributed by atoms with van der Waals surface area (Å²) in [5.41, 5.74) is 1.50. The molecule has 3 amide bonds. The lowest BCUT2D eigenvalue weighted by atomic mass is 10.1. The Morgan fingerprint density at radius 3 is 2.55 bits per heavy atom. The third-order valence-corrected chi connectivity index (χ3v) is 6.06. The first-order valence-corrected chi connectivity index (χ1v) is 10.9. The number of ether oxygens (including phenoxy) is 1. The molecule has 7 nitrogen and oxygen atoms in total. The smallest absolute Gasteiger partial charge is 0.266 e. The molecule has 0 saturated carbocycles. The summed E-state index contributed by atoms with van der Waals surface area (Å²) in [6.07, 6.45) is 0. The molecule has 164 valence electrons. The van der Waals surface area contributed by atoms with Gasteiger partial charge in [0.2, 0.25) is 0 Å². The van der Waals surface area contributed by atoms with Crippen LogP contribution in [-0.2, 0) is 0 Å². The predicted octanol–water partition coefficient (Wildman–Crippen LogP) is 4.89. The van der Waals surface area contributed by atoms with Gasteiger partial charge in [0, 0.05) is 5.56 Å². The van der Waals surface area contributed by atoms with Gasteiger partial charge in [-0.3, -0.25) is 19.7 Å². The summed E-state index contributed by atoms with van der Waals surface area (Å²) in [6, 6.07) is 14.9. The monoisotopic (exact) mass is 461 g/mol. The Hall–Kier alpha value is -4.11. The molecule has 9 heteroatoms. The van der Waals surface area contributed by atoms with Crippen LogP contribution in [-0.4, -0.2) is 29.3 Å². The maximum atomic E-state index is 13.2. The van der Waals surface area contributed by atoms with E-state index in [1.165, 1.54) is 53.8 Å². The molecule has 1 aliphatic rings. The first-order valence-electron chi connectivity index (χ1n) is 10.1. The average molecular weight is 461 g/mol. The highest BCUT2D eigenvalue weighted by molar-refractivity contribution is 7.22. The van der Waals surface area contributed by atoms with Crippen molar-refractivity contribution >= 4 is 50.1 Å². The highest BCUT2D eigenvalue weighted by Crippen LogP contribution is 2.31. The number of imide groups is 1. The molecule has 4 aromatic rings. The number of halogens is 1. The minimum absolute atomic E-state index is 0.114. The molecule has 0 bridgehead atoms. The van der Waals surface area contributed by atoms with Gasteiger partial charge in [-0.2, -0.15) is 0 Å². The van der Waals surface area contributed by atoms with Crippen LogP contribution in [0.4, 0.5) is 15.2 Å². The predicted molar refractivity (Wildman–Crippen MR) is 123 cm³/mol. The van der Waals surface area contributed by atoms with E-state index in [1.807, 2.05) is 25.1 Å². The molecule has 0 saturated heterocycles. The summed E-state index contributed by atoms with van der Waals surface area (Å²) in [7, 11) is 0. The molecule has 0 atom stereocenters. The number of hydrogen-bond acceptors (Lipinski definition) is 6. The van der Waals surface area contributed by atoms with Crippen LogP contribution in [0.3, 0.4) is 0 Å². The van der Waals surface area contributed by atoms with E-state index in [2.05, 4.69) is 10.3 Å². The molecule has 2 heterocycles. The summed E-state index contributed by atoms with van der Waals surface area (Å²) < 4.78 is 19.6. The summed E-state index contributed by atoms with van der Waals surface area (Å²) in [5, 5.41) is 3.14. The number of rotatable bonds is 5. The van der Waals surface area contributed by atoms with Crippen molar-refractivity contribution in [2.45, 2.75) is 6.92 Å². The zero-order valence-corrected chi connectivity index (χ0v) is 18.1.